The van der Waals surface area contributed by atoms with Gasteiger partial charge in [0, 0.05) is 18.5 Å². The minimum atomic E-state index is -0.225. The molecule has 1 aliphatic heterocycles. The van der Waals surface area contributed by atoms with Gasteiger partial charge in [0.05, 0.1) is 13.2 Å². The molecule has 0 spiro atoms. The lowest BCUT2D eigenvalue weighted by molar-refractivity contribution is 0.297. The van der Waals surface area contributed by atoms with Crippen molar-refractivity contribution in [2.75, 3.05) is 20.3 Å². The second-order valence-corrected chi connectivity index (χ2v) is 5.06. The van der Waals surface area contributed by atoms with Crippen LogP contribution in [0, 0.1) is 5.82 Å². The van der Waals surface area contributed by atoms with Gasteiger partial charge in [-0.2, -0.15) is 0 Å². The fourth-order valence-corrected chi connectivity index (χ4v) is 2.44. The van der Waals surface area contributed by atoms with Gasteiger partial charge < -0.3 is 14.8 Å². The zero-order valence-electron chi connectivity index (χ0n) is 12.0. The van der Waals surface area contributed by atoms with E-state index >= 15 is 0 Å². The van der Waals surface area contributed by atoms with E-state index in [0.29, 0.717) is 31.1 Å². The molecular weight excluding hydrogens is 269 g/mol. The van der Waals surface area contributed by atoms with E-state index in [9.17, 15) is 4.39 Å². The van der Waals surface area contributed by atoms with Crippen LogP contribution < -0.4 is 14.8 Å². The summed E-state index contributed by atoms with van der Waals surface area (Å²) in [5.74, 6) is 1.18. The van der Waals surface area contributed by atoms with Crippen molar-refractivity contribution < 1.29 is 13.9 Å². The standard InChI is InChI=1S/C17H18FNO2/c1-19-11-12-3-5-14(15(18)9-12)13-4-6-16-17(10-13)21-8-2-7-20-16/h3-6,9-10,19H,2,7-8,11H2,1H3. The fourth-order valence-electron chi connectivity index (χ4n) is 2.44. The van der Waals surface area contributed by atoms with Crippen molar-refractivity contribution in [1.29, 1.82) is 0 Å². The molecule has 0 radical (unpaired) electrons. The molecule has 0 saturated carbocycles. The number of hydrogen-bond donors (Lipinski definition) is 1. The van der Waals surface area contributed by atoms with E-state index in [-0.39, 0.29) is 5.82 Å². The van der Waals surface area contributed by atoms with Crippen LogP contribution in [0.15, 0.2) is 36.4 Å². The number of hydrogen-bond acceptors (Lipinski definition) is 3. The maximum atomic E-state index is 14.3. The monoisotopic (exact) mass is 287 g/mol. The number of benzene rings is 2. The van der Waals surface area contributed by atoms with Crippen molar-refractivity contribution in [1.82, 2.24) is 5.32 Å². The molecule has 0 fully saturated rings. The minimum Gasteiger partial charge on any atom is -0.490 e. The molecule has 0 bridgehead atoms. The molecule has 0 aliphatic carbocycles. The number of rotatable bonds is 3. The number of fused-ring (bicyclic) bond motifs is 1. The first-order valence-electron chi connectivity index (χ1n) is 7.11. The normalized spacial score (nSPS) is 13.8. The van der Waals surface area contributed by atoms with Crippen LogP contribution >= 0.6 is 0 Å². The number of ether oxygens (including phenoxy) is 2. The van der Waals surface area contributed by atoms with Crippen molar-refractivity contribution in [3.8, 4) is 22.6 Å². The summed E-state index contributed by atoms with van der Waals surface area (Å²) >= 11 is 0. The van der Waals surface area contributed by atoms with Gasteiger partial charge in [-0.15, -0.1) is 0 Å². The second kappa shape index (κ2) is 6.14. The highest BCUT2D eigenvalue weighted by molar-refractivity contribution is 5.68. The topological polar surface area (TPSA) is 30.5 Å². The van der Waals surface area contributed by atoms with E-state index in [2.05, 4.69) is 5.32 Å². The quantitative estimate of drug-likeness (QED) is 0.939. The van der Waals surface area contributed by atoms with Gasteiger partial charge in [0.25, 0.3) is 0 Å². The Balaban J connectivity index is 1.95. The Morgan fingerprint density at radius 1 is 1.05 bits per heavy atom. The molecule has 3 nitrogen and oxygen atoms in total. The van der Waals surface area contributed by atoms with Gasteiger partial charge in [-0.1, -0.05) is 18.2 Å². The summed E-state index contributed by atoms with van der Waals surface area (Å²) in [5, 5.41) is 3.02. The van der Waals surface area contributed by atoms with Gasteiger partial charge in [-0.3, -0.25) is 0 Å². The van der Waals surface area contributed by atoms with Crippen molar-refractivity contribution >= 4 is 0 Å². The number of nitrogens with one attached hydrogen (secondary N) is 1. The Labute approximate surface area is 123 Å². The Morgan fingerprint density at radius 3 is 2.62 bits per heavy atom. The molecule has 4 heteroatoms. The Hall–Kier alpha value is -2.07. The third-order valence-corrected chi connectivity index (χ3v) is 3.47. The summed E-state index contributed by atoms with van der Waals surface area (Å²) in [6.07, 6.45) is 0.858. The van der Waals surface area contributed by atoms with Crippen LogP contribution in [0.25, 0.3) is 11.1 Å². The van der Waals surface area contributed by atoms with Gasteiger partial charge in [0.2, 0.25) is 0 Å². The molecule has 110 valence electrons. The SMILES string of the molecule is CNCc1ccc(-c2ccc3c(c2)OCCCO3)c(F)c1. The van der Waals surface area contributed by atoms with Gasteiger partial charge in [-0.25, -0.2) is 4.39 Å². The molecule has 1 N–H and O–H groups in total. The Kier molecular flexibility index (Phi) is 4.06. The highest BCUT2D eigenvalue weighted by atomic mass is 19.1. The van der Waals surface area contributed by atoms with E-state index in [0.717, 1.165) is 23.3 Å². The van der Waals surface area contributed by atoms with Crippen LogP contribution in [0.5, 0.6) is 11.5 Å². The van der Waals surface area contributed by atoms with Crippen molar-refractivity contribution in [2.24, 2.45) is 0 Å². The lowest BCUT2D eigenvalue weighted by atomic mass is 10.0. The lowest BCUT2D eigenvalue weighted by Gasteiger charge is -2.11. The summed E-state index contributed by atoms with van der Waals surface area (Å²) < 4.78 is 25.5. The average molecular weight is 287 g/mol. The first kappa shape index (κ1) is 13.9. The summed E-state index contributed by atoms with van der Waals surface area (Å²) in [4.78, 5) is 0. The Bertz CT molecular complexity index is 643. The maximum absolute atomic E-state index is 14.3. The highest BCUT2D eigenvalue weighted by Crippen LogP contribution is 2.35. The van der Waals surface area contributed by atoms with Gasteiger partial charge in [-0.05, 0) is 36.4 Å². The van der Waals surface area contributed by atoms with Crippen molar-refractivity contribution in [3.63, 3.8) is 0 Å². The first-order valence-corrected chi connectivity index (χ1v) is 7.11. The van der Waals surface area contributed by atoms with Gasteiger partial charge in [0.1, 0.15) is 5.82 Å². The molecule has 21 heavy (non-hydrogen) atoms. The zero-order chi connectivity index (χ0) is 14.7. The summed E-state index contributed by atoms with van der Waals surface area (Å²) in [5.41, 5.74) is 2.30. The van der Waals surface area contributed by atoms with Gasteiger partial charge >= 0.3 is 0 Å². The molecule has 0 unspecified atom stereocenters. The average Bonchev–Trinajstić information content (AvgIpc) is 2.72. The smallest absolute Gasteiger partial charge is 0.161 e. The predicted octanol–water partition coefficient (Wildman–Crippen LogP) is 3.37. The third-order valence-electron chi connectivity index (χ3n) is 3.47. The third kappa shape index (κ3) is 3.00. The highest BCUT2D eigenvalue weighted by Gasteiger charge is 2.13. The van der Waals surface area contributed by atoms with Crippen molar-refractivity contribution in [2.45, 2.75) is 13.0 Å². The predicted molar refractivity (Wildman–Crippen MR) is 80.2 cm³/mol. The van der Waals surface area contributed by atoms with Crippen LogP contribution in [0.4, 0.5) is 4.39 Å². The molecule has 3 rings (SSSR count). The van der Waals surface area contributed by atoms with Crippen molar-refractivity contribution in [3.05, 3.63) is 47.8 Å². The molecule has 1 heterocycles. The molecule has 0 aromatic heterocycles. The minimum absolute atomic E-state index is 0.225. The van der Waals surface area contributed by atoms with E-state index in [1.54, 1.807) is 12.1 Å². The molecule has 0 saturated heterocycles. The maximum Gasteiger partial charge on any atom is 0.161 e. The van der Waals surface area contributed by atoms with E-state index in [1.807, 2.05) is 31.3 Å². The second-order valence-electron chi connectivity index (χ2n) is 5.06. The molecule has 2 aromatic carbocycles. The van der Waals surface area contributed by atoms with E-state index < -0.39 is 0 Å². The summed E-state index contributed by atoms with van der Waals surface area (Å²) in [6.45, 7) is 1.93. The van der Waals surface area contributed by atoms with Crippen LogP contribution in [0.3, 0.4) is 0 Å². The van der Waals surface area contributed by atoms with Crippen LogP contribution in [0.1, 0.15) is 12.0 Å². The molecule has 0 amide bonds. The summed E-state index contributed by atoms with van der Waals surface area (Å²) in [6, 6.07) is 10.9. The summed E-state index contributed by atoms with van der Waals surface area (Å²) in [7, 11) is 1.84. The Morgan fingerprint density at radius 2 is 1.86 bits per heavy atom. The molecule has 0 atom stereocenters. The lowest BCUT2D eigenvalue weighted by Crippen LogP contribution is -2.05. The van der Waals surface area contributed by atoms with E-state index in [4.69, 9.17) is 9.47 Å². The zero-order valence-corrected chi connectivity index (χ0v) is 12.0. The number of halogens is 1. The first-order chi connectivity index (χ1) is 10.3. The van der Waals surface area contributed by atoms with Crippen LogP contribution in [-0.2, 0) is 6.54 Å². The largest absolute Gasteiger partial charge is 0.490 e. The van der Waals surface area contributed by atoms with Gasteiger partial charge in [0.15, 0.2) is 11.5 Å². The molecule has 2 aromatic rings. The fraction of sp³-hybridized carbons (Fsp3) is 0.294. The molecular formula is C17H18FNO2. The van der Waals surface area contributed by atoms with Crippen LogP contribution in [-0.4, -0.2) is 20.3 Å². The molecule has 1 aliphatic rings. The van der Waals surface area contributed by atoms with Crippen LogP contribution in [0.2, 0.25) is 0 Å². The van der Waals surface area contributed by atoms with E-state index in [1.165, 1.54) is 0 Å².